The fraction of sp³-hybridized carbons (Fsp3) is 0.294. The van der Waals surface area contributed by atoms with E-state index in [4.69, 9.17) is 42.1 Å². The number of hydrogen-bond donors (Lipinski definition) is 0. The first-order valence-corrected chi connectivity index (χ1v) is 15.2. The maximum absolute atomic E-state index is 11.6. The van der Waals surface area contributed by atoms with Crippen LogP contribution in [0.3, 0.4) is 0 Å². The van der Waals surface area contributed by atoms with Gasteiger partial charge in [-0.1, -0.05) is 59.6 Å². The number of fused-ring (bicyclic) bond motifs is 1. The maximum atomic E-state index is 11.6. The largest absolute Gasteiger partial charge is 0.491 e. The number of esters is 1. The topological polar surface area (TPSA) is 75.0 Å². The molecule has 3 aromatic carbocycles. The van der Waals surface area contributed by atoms with Gasteiger partial charge in [0.15, 0.2) is 0 Å². The molecule has 1 aromatic heterocycles. The Morgan fingerprint density at radius 1 is 1.11 bits per heavy atom. The predicted molar refractivity (Wildman–Crippen MR) is 169 cm³/mol. The number of ether oxygens (including phenoxy) is 4. The lowest BCUT2D eigenvalue weighted by Crippen LogP contribution is -2.34. The highest BCUT2D eigenvalue weighted by Gasteiger charge is 2.45. The van der Waals surface area contributed by atoms with E-state index in [1.54, 1.807) is 36.8 Å². The van der Waals surface area contributed by atoms with E-state index >= 15 is 0 Å². The molecule has 0 amide bonds. The van der Waals surface area contributed by atoms with Gasteiger partial charge in [-0.25, -0.2) is 9.78 Å². The van der Waals surface area contributed by atoms with Gasteiger partial charge in [0, 0.05) is 42.6 Å². The highest BCUT2D eigenvalue weighted by Crippen LogP contribution is 2.40. The zero-order chi connectivity index (χ0) is 30.5. The molecule has 10 heteroatoms. The molecule has 0 radical (unpaired) electrons. The molecule has 6 rings (SSSR count). The summed E-state index contributed by atoms with van der Waals surface area (Å²) in [6.45, 7) is 3.76. The van der Waals surface area contributed by atoms with Crippen molar-refractivity contribution in [1.29, 1.82) is 0 Å². The molecule has 3 heterocycles. The van der Waals surface area contributed by atoms with Crippen LogP contribution in [-0.2, 0) is 39.5 Å². The van der Waals surface area contributed by atoms with Crippen molar-refractivity contribution in [1.82, 2.24) is 14.5 Å². The van der Waals surface area contributed by atoms with E-state index in [9.17, 15) is 4.79 Å². The van der Waals surface area contributed by atoms with Crippen LogP contribution in [0.25, 0.3) is 6.08 Å². The van der Waals surface area contributed by atoms with Crippen molar-refractivity contribution in [3.63, 3.8) is 0 Å². The standard InChI is InChI=1S/C34H33Cl2N3O5/c1-41-33(40)25-6-4-24(5-7-25)3-2-14-38-15-12-26-17-29(10-8-27(26)19-38)42-20-30-21-43-34(44-30,22-39-16-13-37-23-39)31-11-9-28(35)18-32(31)36/h2-11,13,16-18,23,30H,12,14-15,19-22H2,1H3/t30-,34-/m0/s1. The number of benzene rings is 3. The summed E-state index contributed by atoms with van der Waals surface area (Å²) in [5, 5.41) is 1.03. The van der Waals surface area contributed by atoms with Crippen molar-refractivity contribution in [2.75, 3.05) is 33.4 Å². The molecule has 2 aliphatic heterocycles. The van der Waals surface area contributed by atoms with Crippen molar-refractivity contribution in [2.45, 2.75) is 31.4 Å². The second-order valence-corrected chi connectivity index (χ2v) is 11.7. The Kier molecular flexibility index (Phi) is 9.35. The number of rotatable bonds is 10. The van der Waals surface area contributed by atoms with E-state index in [0.717, 1.165) is 37.4 Å². The minimum Gasteiger partial charge on any atom is -0.491 e. The van der Waals surface area contributed by atoms with E-state index < -0.39 is 5.79 Å². The molecule has 0 N–H and O–H groups in total. The summed E-state index contributed by atoms with van der Waals surface area (Å²) in [4.78, 5) is 18.2. The van der Waals surface area contributed by atoms with Gasteiger partial charge in [-0.2, -0.15) is 0 Å². The molecular formula is C34H33Cl2N3O5. The quantitative estimate of drug-likeness (QED) is 0.187. The molecule has 4 aromatic rings. The number of aromatic nitrogens is 2. The minimum atomic E-state index is -1.09. The van der Waals surface area contributed by atoms with Crippen molar-refractivity contribution in [3.8, 4) is 5.75 Å². The summed E-state index contributed by atoms with van der Waals surface area (Å²) >= 11 is 12.8. The van der Waals surface area contributed by atoms with E-state index in [-0.39, 0.29) is 12.1 Å². The number of halogens is 2. The van der Waals surface area contributed by atoms with Crippen LogP contribution in [0.1, 0.15) is 32.6 Å². The summed E-state index contributed by atoms with van der Waals surface area (Å²) in [6, 6.07) is 19.0. The van der Waals surface area contributed by atoms with Crippen LogP contribution in [-0.4, -0.2) is 59.9 Å². The van der Waals surface area contributed by atoms with Crippen molar-refractivity contribution < 1.29 is 23.7 Å². The van der Waals surface area contributed by atoms with E-state index in [1.165, 1.54) is 18.2 Å². The monoisotopic (exact) mass is 633 g/mol. The molecule has 0 bridgehead atoms. The lowest BCUT2D eigenvalue weighted by Gasteiger charge is -2.30. The van der Waals surface area contributed by atoms with Crippen molar-refractivity contribution in [2.24, 2.45) is 0 Å². The zero-order valence-electron chi connectivity index (χ0n) is 24.3. The smallest absolute Gasteiger partial charge is 0.337 e. The second-order valence-electron chi connectivity index (χ2n) is 10.9. The number of nitrogens with zero attached hydrogens (tertiary/aromatic N) is 3. The van der Waals surface area contributed by atoms with Crippen LogP contribution >= 0.6 is 23.2 Å². The van der Waals surface area contributed by atoms with Gasteiger partial charge in [-0.15, -0.1) is 0 Å². The average molecular weight is 635 g/mol. The second kappa shape index (κ2) is 13.5. The van der Waals surface area contributed by atoms with Gasteiger partial charge in [0.25, 0.3) is 0 Å². The summed E-state index contributed by atoms with van der Waals surface area (Å²) in [5.74, 6) is -0.603. The number of hydrogen-bond acceptors (Lipinski definition) is 7. The SMILES string of the molecule is COC(=O)c1ccc(C=CCN2CCc3cc(OC[C@H]4CO[C@](Cn5ccnc5)(c5ccc(Cl)cc5Cl)O4)ccc3C2)cc1. The van der Waals surface area contributed by atoms with Crippen molar-refractivity contribution in [3.05, 3.63) is 123 Å². The van der Waals surface area contributed by atoms with Crippen LogP contribution in [0, 0.1) is 0 Å². The van der Waals surface area contributed by atoms with Gasteiger partial charge in [0.1, 0.15) is 18.5 Å². The van der Waals surface area contributed by atoms with Gasteiger partial charge in [-0.05, 0) is 59.5 Å². The van der Waals surface area contributed by atoms with E-state index in [2.05, 4.69) is 34.2 Å². The first-order valence-electron chi connectivity index (χ1n) is 14.5. The highest BCUT2D eigenvalue weighted by molar-refractivity contribution is 6.35. The zero-order valence-corrected chi connectivity index (χ0v) is 25.8. The third kappa shape index (κ3) is 7.01. The molecule has 8 nitrogen and oxygen atoms in total. The fourth-order valence-electron chi connectivity index (χ4n) is 5.58. The molecule has 0 aliphatic carbocycles. The number of imidazole rings is 1. The van der Waals surface area contributed by atoms with Crippen LogP contribution in [0.15, 0.2) is 85.5 Å². The summed E-state index contributed by atoms with van der Waals surface area (Å²) < 4.78 is 25.7. The van der Waals surface area contributed by atoms with Gasteiger partial charge in [0.2, 0.25) is 5.79 Å². The number of carbonyl (C=O) groups is 1. The maximum Gasteiger partial charge on any atom is 0.337 e. The van der Waals surface area contributed by atoms with Crippen LogP contribution in [0.4, 0.5) is 0 Å². The van der Waals surface area contributed by atoms with Crippen LogP contribution in [0.2, 0.25) is 10.0 Å². The molecule has 0 saturated carbocycles. The third-order valence-corrected chi connectivity index (χ3v) is 8.41. The Balaban J connectivity index is 1.04. The normalized spacial score (nSPS) is 20.1. The average Bonchev–Trinajstić information content (AvgIpc) is 3.70. The molecule has 1 fully saturated rings. The first kappa shape index (κ1) is 30.4. The third-order valence-electron chi connectivity index (χ3n) is 7.86. The number of carbonyl (C=O) groups excluding carboxylic acids is 1. The Bertz CT molecular complexity index is 1630. The predicted octanol–water partition coefficient (Wildman–Crippen LogP) is 6.40. The summed E-state index contributed by atoms with van der Waals surface area (Å²) in [7, 11) is 1.39. The molecular weight excluding hydrogens is 601 g/mol. The Morgan fingerprint density at radius 2 is 1.98 bits per heavy atom. The molecule has 44 heavy (non-hydrogen) atoms. The Hall–Kier alpha value is -3.66. The fourth-order valence-corrected chi connectivity index (χ4v) is 6.14. The van der Waals surface area contributed by atoms with Gasteiger partial charge < -0.3 is 23.5 Å². The first-order chi connectivity index (χ1) is 21.4. The van der Waals surface area contributed by atoms with E-state index in [1.807, 2.05) is 35.0 Å². The van der Waals surface area contributed by atoms with Crippen molar-refractivity contribution >= 4 is 35.2 Å². The minimum absolute atomic E-state index is 0.291. The van der Waals surface area contributed by atoms with Gasteiger partial charge in [-0.3, -0.25) is 4.90 Å². The molecule has 2 atom stereocenters. The van der Waals surface area contributed by atoms with Gasteiger partial charge in [0.05, 0.1) is 37.2 Å². The molecule has 2 aliphatic rings. The lowest BCUT2D eigenvalue weighted by molar-refractivity contribution is -0.189. The van der Waals surface area contributed by atoms with E-state index in [0.29, 0.717) is 40.9 Å². The lowest BCUT2D eigenvalue weighted by atomic mass is 9.99. The molecule has 1 saturated heterocycles. The molecule has 0 unspecified atom stereocenters. The summed E-state index contributed by atoms with van der Waals surface area (Å²) in [6.07, 6.45) is 10.2. The highest BCUT2D eigenvalue weighted by atomic mass is 35.5. The van der Waals surface area contributed by atoms with Crippen LogP contribution in [0.5, 0.6) is 5.75 Å². The summed E-state index contributed by atoms with van der Waals surface area (Å²) in [5.41, 5.74) is 4.91. The Labute approximate surface area is 266 Å². The molecule has 228 valence electrons. The molecule has 0 spiro atoms. The number of methoxy groups -OCH3 is 1. The van der Waals surface area contributed by atoms with Gasteiger partial charge >= 0.3 is 5.97 Å². The van der Waals surface area contributed by atoms with Crippen LogP contribution < -0.4 is 4.74 Å². The Morgan fingerprint density at radius 3 is 2.75 bits per heavy atom.